The summed E-state index contributed by atoms with van der Waals surface area (Å²) in [5.41, 5.74) is 15.7. The molecule has 24 heteroatoms. The lowest BCUT2D eigenvalue weighted by Crippen LogP contribution is -2.18. The fourth-order valence-corrected chi connectivity index (χ4v) is 3.05. The Balaban J connectivity index is 0.000000330. The van der Waals surface area contributed by atoms with Crippen LogP contribution in [-0.4, -0.2) is 69.6 Å². The number of alkyl halides is 7. The van der Waals surface area contributed by atoms with Crippen LogP contribution >= 0.6 is 23.2 Å². The molecule has 15 nitrogen and oxygen atoms in total. The lowest BCUT2D eigenvalue weighted by atomic mass is 10.5. The molecule has 3 aromatic rings. The molecular weight excluding hydrogens is 660 g/mol. The largest absolute Gasteiger partial charge is 0.574 e. The molecule has 0 aliphatic carbocycles. The summed E-state index contributed by atoms with van der Waals surface area (Å²) in [6.45, 7) is -1.49. The van der Waals surface area contributed by atoms with Gasteiger partial charge < -0.3 is 47.4 Å². The van der Waals surface area contributed by atoms with Gasteiger partial charge in [-0.05, 0) is 13.8 Å². The Bertz CT molecular complexity index is 1350. The van der Waals surface area contributed by atoms with E-state index in [2.05, 4.69) is 60.1 Å². The predicted octanol–water partition coefficient (Wildman–Crippen LogP) is 4.49. The van der Waals surface area contributed by atoms with Crippen molar-refractivity contribution in [2.75, 3.05) is 53.3 Å². The van der Waals surface area contributed by atoms with Gasteiger partial charge in [-0.2, -0.15) is 47.5 Å². The highest BCUT2D eigenvalue weighted by Gasteiger charge is 2.32. The van der Waals surface area contributed by atoms with Crippen LogP contribution in [0, 0.1) is 0 Å². The molecule has 0 spiro atoms. The fourth-order valence-electron chi connectivity index (χ4n) is 2.61. The van der Waals surface area contributed by atoms with Gasteiger partial charge in [-0.15, -0.1) is 13.2 Å². The van der Waals surface area contributed by atoms with Crippen LogP contribution in [0.4, 0.5) is 66.0 Å². The van der Waals surface area contributed by atoms with Crippen molar-refractivity contribution in [2.45, 2.75) is 33.4 Å². The summed E-state index contributed by atoms with van der Waals surface area (Å²) < 4.78 is 95.3. The van der Waals surface area contributed by atoms with Gasteiger partial charge in [0.1, 0.15) is 5.82 Å². The summed E-state index contributed by atoms with van der Waals surface area (Å²) in [5.74, 6) is -1.53. The van der Waals surface area contributed by atoms with Crippen molar-refractivity contribution in [1.82, 2.24) is 29.9 Å². The summed E-state index contributed by atoms with van der Waals surface area (Å²) in [5, 5.41) is 7.38. The highest BCUT2D eigenvalue weighted by Crippen LogP contribution is 2.32. The summed E-state index contributed by atoms with van der Waals surface area (Å²) in [4.78, 5) is 21.2. The maximum Gasteiger partial charge on any atom is 0.574 e. The third-order valence-electron chi connectivity index (χ3n) is 3.98. The van der Waals surface area contributed by atoms with Gasteiger partial charge in [-0.25, -0.2) is 0 Å². The van der Waals surface area contributed by atoms with Gasteiger partial charge in [-0.3, -0.25) is 0 Å². The van der Waals surface area contributed by atoms with E-state index in [0.717, 1.165) is 6.07 Å². The lowest BCUT2D eigenvalue weighted by Gasteiger charge is -2.11. The van der Waals surface area contributed by atoms with Crippen LogP contribution in [0.2, 0.25) is 10.3 Å². The number of hydrogen-bond acceptors (Lipinski definition) is 15. The Hall–Kier alpha value is -4.47. The minimum absolute atomic E-state index is 0.0165. The number of rotatable bonds is 10. The Kier molecular flexibility index (Phi) is 15.0. The van der Waals surface area contributed by atoms with Crippen molar-refractivity contribution < 1.29 is 44.9 Å². The normalized spacial score (nSPS) is 10.7. The topological polar surface area (TPSA) is 219 Å². The Morgan fingerprint density at radius 3 is 1.64 bits per heavy atom. The average molecular weight is 685 g/mol. The number of hydrogen-bond donors (Lipinski definition) is 6. The van der Waals surface area contributed by atoms with Crippen molar-refractivity contribution in [2.24, 2.45) is 0 Å². The second-order valence-corrected chi connectivity index (χ2v) is 7.88. The molecule has 0 amide bonds. The number of halogens is 9. The smallest absolute Gasteiger partial charge is 0.428 e. The van der Waals surface area contributed by atoms with E-state index < -0.39 is 25.5 Å². The summed E-state index contributed by atoms with van der Waals surface area (Å²) in [6.07, 6.45) is -4.79. The van der Waals surface area contributed by atoms with Crippen LogP contribution in [0.1, 0.15) is 13.8 Å². The van der Waals surface area contributed by atoms with Crippen LogP contribution in [0.3, 0.4) is 0 Å². The van der Waals surface area contributed by atoms with Crippen molar-refractivity contribution in [1.29, 1.82) is 0 Å². The van der Waals surface area contributed by atoms with E-state index in [-0.39, 0.29) is 57.1 Å². The quantitative estimate of drug-likeness (QED) is 0.128. The predicted molar refractivity (Wildman–Crippen MR) is 147 cm³/mol. The zero-order valence-corrected chi connectivity index (χ0v) is 24.2. The zero-order chi connectivity index (χ0) is 33.6. The number of nitrogens with two attached hydrogens (primary N) is 3. The minimum atomic E-state index is -4.79. The Morgan fingerprint density at radius 2 is 1.20 bits per heavy atom. The fraction of sp³-hybridized carbons (Fsp3) is 0.400. The van der Waals surface area contributed by atoms with Crippen LogP contribution in [0.25, 0.3) is 0 Å². The molecule has 0 saturated heterocycles. The molecule has 0 radical (unpaired) electrons. The molecule has 246 valence electrons. The molecule has 3 heterocycles. The van der Waals surface area contributed by atoms with Crippen molar-refractivity contribution in [3.05, 3.63) is 16.4 Å². The second-order valence-electron chi connectivity index (χ2n) is 7.17. The SMILES string of the molecule is CCNc1cc(OC(F)(F)F)nc(N)n1.CCNc1nc(N)nc(Cl)c1OC(F)F.CNc1nc(N)nc(Cl)c1OC(F)F. The van der Waals surface area contributed by atoms with Crippen LogP contribution in [0.5, 0.6) is 17.4 Å². The standard InChI is InChI=1S/C7H9ClF2N4O.C7H9F3N4O.C6H7ClF2N4O/c1-2-12-5-3(15-6(9)10)4(8)13-7(11)14-5;1-2-12-4-3-5(14-6(11)13-4)15-7(8,9)10;1-11-4-2(14-5(8)9)3(7)12-6(10)13-4/h6H,2H2,1H3,(H3,11,12,13,14);3H,2H2,1H3,(H3,11,12,13,14);5H,1H3,(H3,10,11,12,13). The van der Waals surface area contributed by atoms with Gasteiger partial charge in [0.05, 0.1) is 0 Å². The molecule has 0 aromatic carbocycles. The lowest BCUT2D eigenvalue weighted by molar-refractivity contribution is -0.276. The third-order valence-corrected chi connectivity index (χ3v) is 4.49. The molecule has 3 rings (SSSR count). The maximum atomic E-state index is 12.0. The van der Waals surface area contributed by atoms with Gasteiger partial charge >= 0.3 is 19.6 Å². The van der Waals surface area contributed by atoms with Crippen molar-refractivity contribution >= 4 is 58.5 Å². The molecule has 0 atom stereocenters. The number of nitrogen functional groups attached to an aromatic ring is 3. The number of aromatic nitrogens is 6. The van der Waals surface area contributed by atoms with Crippen LogP contribution in [-0.2, 0) is 0 Å². The monoisotopic (exact) mass is 684 g/mol. The highest BCUT2D eigenvalue weighted by atomic mass is 35.5. The average Bonchev–Trinajstić information content (AvgIpc) is 2.87. The van der Waals surface area contributed by atoms with E-state index in [1.54, 1.807) is 13.8 Å². The Labute approximate surface area is 254 Å². The number of anilines is 6. The first-order chi connectivity index (χ1) is 20.5. The van der Waals surface area contributed by atoms with Crippen LogP contribution in [0.15, 0.2) is 6.07 Å². The van der Waals surface area contributed by atoms with E-state index >= 15 is 0 Å². The summed E-state index contributed by atoms with van der Waals surface area (Å²) >= 11 is 11.1. The van der Waals surface area contributed by atoms with E-state index in [4.69, 9.17) is 40.4 Å². The van der Waals surface area contributed by atoms with E-state index in [1.165, 1.54) is 7.05 Å². The van der Waals surface area contributed by atoms with Crippen molar-refractivity contribution in [3.8, 4) is 17.4 Å². The first-order valence-electron chi connectivity index (χ1n) is 11.6. The van der Waals surface area contributed by atoms with Crippen LogP contribution < -0.4 is 47.4 Å². The first kappa shape index (κ1) is 37.6. The molecule has 0 fully saturated rings. The van der Waals surface area contributed by atoms with E-state index in [9.17, 15) is 30.7 Å². The first-order valence-corrected chi connectivity index (χ1v) is 12.4. The summed E-state index contributed by atoms with van der Waals surface area (Å²) in [7, 11) is 1.47. The minimum Gasteiger partial charge on any atom is -0.428 e. The van der Waals surface area contributed by atoms with Gasteiger partial charge in [0.2, 0.25) is 35.2 Å². The van der Waals surface area contributed by atoms with Gasteiger partial charge in [0.25, 0.3) is 0 Å². The molecule has 0 aliphatic rings. The molecule has 3 aromatic heterocycles. The van der Waals surface area contributed by atoms with E-state index in [1.807, 2.05) is 0 Å². The maximum absolute atomic E-state index is 12.0. The number of ether oxygens (including phenoxy) is 3. The molecule has 9 N–H and O–H groups in total. The zero-order valence-electron chi connectivity index (χ0n) is 22.7. The Morgan fingerprint density at radius 1 is 0.750 bits per heavy atom. The summed E-state index contributed by atoms with van der Waals surface area (Å²) in [6, 6.07) is 1.02. The molecular formula is C20H25Cl2F7N12O3. The van der Waals surface area contributed by atoms with Gasteiger partial charge in [0.15, 0.2) is 21.9 Å². The second kappa shape index (κ2) is 17.6. The van der Waals surface area contributed by atoms with Gasteiger partial charge in [0, 0.05) is 26.2 Å². The molecule has 0 unspecified atom stereocenters. The molecule has 0 aliphatic heterocycles. The molecule has 0 bridgehead atoms. The molecule has 44 heavy (non-hydrogen) atoms. The third kappa shape index (κ3) is 13.7. The van der Waals surface area contributed by atoms with E-state index in [0.29, 0.717) is 13.1 Å². The number of nitrogens with one attached hydrogen (secondary N) is 3. The van der Waals surface area contributed by atoms with Gasteiger partial charge in [-0.1, -0.05) is 23.2 Å². The molecule has 0 saturated carbocycles. The number of nitrogens with zero attached hydrogens (tertiary/aromatic N) is 6. The highest BCUT2D eigenvalue weighted by molar-refractivity contribution is 6.31. The van der Waals surface area contributed by atoms with Crippen molar-refractivity contribution in [3.63, 3.8) is 0 Å².